The standard InChI is InChI=1S/C14H23F3N4/c1-6-18-11-7-12(20-13(19-11)9(2)3)21(10(4)5)8-14(15,16)17/h7,9-10H,6,8H2,1-5H3,(H,18,19,20). The zero-order valence-electron chi connectivity index (χ0n) is 13.1. The van der Waals surface area contributed by atoms with Gasteiger partial charge in [-0.15, -0.1) is 0 Å². The van der Waals surface area contributed by atoms with Crippen LogP contribution in [0.15, 0.2) is 6.07 Å². The Hall–Kier alpha value is -1.53. The van der Waals surface area contributed by atoms with Gasteiger partial charge in [-0.1, -0.05) is 13.8 Å². The number of alkyl halides is 3. The Bertz CT molecular complexity index is 458. The van der Waals surface area contributed by atoms with Gasteiger partial charge < -0.3 is 10.2 Å². The van der Waals surface area contributed by atoms with Crippen molar-refractivity contribution in [1.82, 2.24) is 9.97 Å². The number of nitrogens with one attached hydrogen (secondary N) is 1. The van der Waals surface area contributed by atoms with Crippen LogP contribution in [-0.4, -0.2) is 35.3 Å². The third kappa shape index (κ3) is 5.40. The first-order valence-corrected chi connectivity index (χ1v) is 7.10. The number of anilines is 2. The minimum Gasteiger partial charge on any atom is -0.370 e. The summed E-state index contributed by atoms with van der Waals surface area (Å²) in [5, 5.41) is 3.04. The van der Waals surface area contributed by atoms with E-state index in [4.69, 9.17) is 0 Å². The number of aromatic nitrogens is 2. The third-order valence-electron chi connectivity index (χ3n) is 2.87. The molecule has 21 heavy (non-hydrogen) atoms. The molecule has 0 aromatic carbocycles. The molecule has 4 nitrogen and oxygen atoms in total. The molecule has 1 heterocycles. The van der Waals surface area contributed by atoms with Gasteiger partial charge in [0.2, 0.25) is 0 Å². The largest absolute Gasteiger partial charge is 0.405 e. The number of nitrogens with zero attached hydrogens (tertiary/aromatic N) is 3. The van der Waals surface area contributed by atoms with E-state index in [9.17, 15) is 13.2 Å². The molecule has 0 aliphatic heterocycles. The molecule has 7 heteroatoms. The van der Waals surface area contributed by atoms with Crippen molar-refractivity contribution in [3.63, 3.8) is 0 Å². The lowest BCUT2D eigenvalue weighted by Gasteiger charge is -2.29. The highest BCUT2D eigenvalue weighted by molar-refractivity contribution is 5.50. The van der Waals surface area contributed by atoms with Gasteiger partial charge in [-0.25, -0.2) is 9.97 Å². The fourth-order valence-corrected chi connectivity index (χ4v) is 1.85. The van der Waals surface area contributed by atoms with Crippen LogP contribution in [0.3, 0.4) is 0 Å². The van der Waals surface area contributed by atoms with Crippen LogP contribution in [0.1, 0.15) is 46.4 Å². The van der Waals surface area contributed by atoms with Crippen molar-refractivity contribution >= 4 is 11.6 Å². The summed E-state index contributed by atoms with van der Waals surface area (Å²) in [6, 6.07) is 1.26. The lowest BCUT2D eigenvalue weighted by molar-refractivity contribution is -0.120. The molecule has 0 saturated heterocycles. The second kappa shape index (κ2) is 6.95. The van der Waals surface area contributed by atoms with Gasteiger partial charge >= 0.3 is 6.18 Å². The van der Waals surface area contributed by atoms with Crippen LogP contribution in [0, 0.1) is 0 Å². The Kier molecular flexibility index (Phi) is 5.80. The SMILES string of the molecule is CCNc1cc(N(CC(F)(F)F)C(C)C)nc(C(C)C)n1. The molecule has 1 aromatic rings. The van der Waals surface area contributed by atoms with E-state index in [-0.39, 0.29) is 12.0 Å². The molecule has 0 aliphatic carbocycles. The van der Waals surface area contributed by atoms with Crippen LogP contribution < -0.4 is 10.2 Å². The van der Waals surface area contributed by atoms with E-state index in [0.29, 0.717) is 24.0 Å². The summed E-state index contributed by atoms with van der Waals surface area (Å²) in [5.74, 6) is 1.44. The van der Waals surface area contributed by atoms with E-state index in [1.54, 1.807) is 19.9 Å². The van der Waals surface area contributed by atoms with Gasteiger partial charge in [0.15, 0.2) is 0 Å². The first kappa shape index (κ1) is 17.5. The van der Waals surface area contributed by atoms with Crippen LogP contribution in [0.4, 0.5) is 24.8 Å². The zero-order valence-corrected chi connectivity index (χ0v) is 13.1. The number of hydrogen-bond donors (Lipinski definition) is 1. The van der Waals surface area contributed by atoms with Crippen LogP contribution in [0.5, 0.6) is 0 Å². The summed E-state index contributed by atoms with van der Waals surface area (Å²) in [7, 11) is 0. The number of rotatable bonds is 6. The molecule has 0 spiro atoms. The van der Waals surface area contributed by atoms with Crippen LogP contribution in [0.25, 0.3) is 0 Å². The summed E-state index contributed by atoms with van der Waals surface area (Å²) in [6.07, 6.45) is -4.27. The van der Waals surface area contributed by atoms with Crippen LogP contribution in [0.2, 0.25) is 0 Å². The van der Waals surface area contributed by atoms with Crippen molar-refractivity contribution in [3.8, 4) is 0 Å². The fourth-order valence-electron chi connectivity index (χ4n) is 1.85. The topological polar surface area (TPSA) is 41.0 Å². The third-order valence-corrected chi connectivity index (χ3v) is 2.87. The minimum atomic E-state index is -4.27. The second-order valence-corrected chi connectivity index (χ2v) is 5.49. The van der Waals surface area contributed by atoms with Crippen molar-refractivity contribution in [3.05, 3.63) is 11.9 Å². The van der Waals surface area contributed by atoms with Crippen molar-refractivity contribution in [2.75, 3.05) is 23.3 Å². The maximum absolute atomic E-state index is 12.8. The highest BCUT2D eigenvalue weighted by atomic mass is 19.4. The Labute approximate surface area is 123 Å². The van der Waals surface area contributed by atoms with Gasteiger partial charge in [0.05, 0.1) is 0 Å². The van der Waals surface area contributed by atoms with Gasteiger partial charge in [-0.3, -0.25) is 0 Å². The molecule has 0 fully saturated rings. The van der Waals surface area contributed by atoms with Gasteiger partial charge in [-0.05, 0) is 20.8 Å². The molecule has 0 bridgehead atoms. The van der Waals surface area contributed by atoms with Gasteiger partial charge in [0, 0.05) is 24.6 Å². The predicted octanol–water partition coefficient (Wildman–Crippen LogP) is 3.81. The zero-order chi connectivity index (χ0) is 16.2. The monoisotopic (exact) mass is 304 g/mol. The molecule has 0 aliphatic rings. The normalized spacial score (nSPS) is 12.1. The molecule has 120 valence electrons. The maximum Gasteiger partial charge on any atom is 0.405 e. The molecule has 0 amide bonds. The first-order valence-electron chi connectivity index (χ1n) is 7.10. The lowest BCUT2D eigenvalue weighted by atomic mass is 10.2. The summed E-state index contributed by atoms with van der Waals surface area (Å²) < 4.78 is 38.3. The summed E-state index contributed by atoms with van der Waals surface area (Å²) in [6.45, 7) is 8.80. The quantitative estimate of drug-likeness (QED) is 0.867. The molecule has 1 aromatic heterocycles. The summed E-state index contributed by atoms with van der Waals surface area (Å²) >= 11 is 0. The molecule has 1 N–H and O–H groups in total. The molecular formula is C14H23F3N4. The Morgan fingerprint density at radius 2 is 1.81 bits per heavy atom. The molecule has 1 rings (SSSR count). The van der Waals surface area contributed by atoms with E-state index in [2.05, 4.69) is 15.3 Å². The first-order chi connectivity index (χ1) is 9.64. The molecule has 0 atom stereocenters. The van der Waals surface area contributed by atoms with Crippen molar-refractivity contribution in [1.29, 1.82) is 0 Å². The highest BCUT2D eigenvalue weighted by Gasteiger charge is 2.33. The number of hydrogen-bond acceptors (Lipinski definition) is 4. The smallest absolute Gasteiger partial charge is 0.370 e. The Balaban J connectivity index is 3.22. The van der Waals surface area contributed by atoms with E-state index in [1.807, 2.05) is 20.8 Å². The minimum absolute atomic E-state index is 0.0438. The van der Waals surface area contributed by atoms with Gasteiger partial charge in [-0.2, -0.15) is 13.2 Å². The van der Waals surface area contributed by atoms with E-state index < -0.39 is 12.7 Å². The van der Waals surface area contributed by atoms with Crippen molar-refractivity contribution in [2.24, 2.45) is 0 Å². The fraction of sp³-hybridized carbons (Fsp3) is 0.714. The molecule has 0 saturated carbocycles. The lowest BCUT2D eigenvalue weighted by Crippen LogP contribution is -2.40. The van der Waals surface area contributed by atoms with Crippen LogP contribution >= 0.6 is 0 Å². The average Bonchev–Trinajstić information content (AvgIpc) is 2.34. The summed E-state index contributed by atoms with van der Waals surface area (Å²) in [5.41, 5.74) is 0. The summed E-state index contributed by atoms with van der Waals surface area (Å²) in [4.78, 5) is 9.87. The number of halogens is 3. The van der Waals surface area contributed by atoms with Gasteiger partial charge in [0.1, 0.15) is 24.0 Å². The van der Waals surface area contributed by atoms with Crippen molar-refractivity contribution in [2.45, 2.75) is 52.8 Å². The van der Waals surface area contributed by atoms with Gasteiger partial charge in [0.25, 0.3) is 0 Å². The highest BCUT2D eigenvalue weighted by Crippen LogP contribution is 2.25. The van der Waals surface area contributed by atoms with Crippen molar-refractivity contribution < 1.29 is 13.2 Å². The maximum atomic E-state index is 12.8. The second-order valence-electron chi connectivity index (χ2n) is 5.49. The molecule has 0 radical (unpaired) electrons. The predicted molar refractivity (Wildman–Crippen MR) is 78.8 cm³/mol. The molecule has 0 unspecified atom stereocenters. The van der Waals surface area contributed by atoms with E-state index in [1.165, 1.54) is 4.90 Å². The van der Waals surface area contributed by atoms with E-state index in [0.717, 1.165) is 0 Å². The molecular weight excluding hydrogens is 281 g/mol. The van der Waals surface area contributed by atoms with E-state index >= 15 is 0 Å². The average molecular weight is 304 g/mol. The Morgan fingerprint density at radius 3 is 2.24 bits per heavy atom. The van der Waals surface area contributed by atoms with Crippen LogP contribution in [-0.2, 0) is 0 Å². The Morgan fingerprint density at radius 1 is 1.19 bits per heavy atom.